The maximum atomic E-state index is 12.6. The first-order valence-corrected chi connectivity index (χ1v) is 11.9. The normalized spacial score (nSPS) is 32.7. The Kier molecular flexibility index (Phi) is 6.60. The summed E-state index contributed by atoms with van der Waals surface area (Å²) in [5.74, 6) is 0.880. The average molecular weight is 398 g/mol. The first-order valence-electron chi connectivity index (χ1n) is 11.9. The van der Waals surface area contributed by atoms with Crippen molar-refractivity contribution in [3.8, 4) is 0 Å². The van der Waals surface area contributed by atoms with Crippen molar-refractivity contribution in [2.45, 2.75) is 76.5 Å². The summed E-state index contributed by atoms with van der Waals surface area (Å²) >= 11 is 0. The Morgan fingerprint density at radius 2 is 1.97 bits per heavy atom. The topological polar surface area (TPSA) is 44.4 Å². The zero-order valence-corrected chi connectivity index (χ0v) is 18.2. The number of nitrogens with zero attached hydrogens (tertiary/aromatic N) is 1. The molecule has 4 heteroatoms. The van der Waals surface area contributed by atoms with E-state index in [0.717, 1.165) is 32.6 Å². The van der Waals surface area contributed by atoms with Crippen LogP contribution in [-0.2, 0) is 10.2 Å². The zero-order chi connectivity index (χ0) is 20.2. The molecule has 3 aliphatic rings. The molecule has 2 aliphatic carbocycles. The second-order valence-electron chi connectivity index (χ2n) is 10.0. The molecule has 2 bridgehead atoms. The summed E-state index contributed by atoms with van der Waals surface area (Å²) in [5.41, 5.74) is 5.53. The molecule has 2 N–H and O–H groups in total. The van der Waals surface area contributed by atoms with Crippen molar-refractivity contribution in [1.82, 2.24) is 15.8 Å². The number of hydrogen-bond acceptors (Lipinski definition) is 3. The van der Waals surface area contributed by atoms with E-state index in [1.54, 1.807) is 5.56 Å². The van der Waals surface area contributed by atoms with Crippen molar-refractivity contribution in [1.29, 1.82) is 0 Å². The molecule has 0 radical (unpaired) electrons. The highest BCUT2D eigenvalue weighted by Gasteiger charge is 2.50. The number of carbonyl (C=O) groups is 1. The molecule has 0 aromatic heterocycles. The monoisotopic (exact) mass is 397 g/mol. The van der Waals surface area contributed by atoms with Gasteiger partial charge >= 0.3 is 0 Å². The Bertz CT molecular complexity index is 668. The second kappa shape index (κ2) is 9.18. The number of piperazine rings is 1. The number of rotatable bonds is 7. The third kappa shape index (κ3) is 4.86. The lowest BCUT2D eigenvalue weighted by atomic mass is 9.49. The van der Waals surface area contributed by atoms with E-state index in [9.17, 15) is 4.79 Å². The van der Waals surface area contributed by atoms with E-state index in [2.05, 4.69) is 53.0 Å². The lowest BCUT2D eigenvalue weighted by Crippen LogP contribution is -2.52. The van der Waals surface area contributed by atoms with Gasteiger partial charge in [-0.1, -0.05) is 50.1 Å². The molecule has 3 fully saturated rings. The molecule has 0 spiro atoms. The summed E-state index contributed by atoms with van der Waals surface area (Å²) in [5, 5.41) is 5.42. The van der Waals surface area contributed by atoms with Crippen molar-refractivity contribution in [2.24, 2.45) is 11.3 Å². The van der Waals surface area contributed by atoms with E-state index in [-0.39, 0.29) is 5.91 Å². The number of hydrogen-bond donors (Lipinski definition) is 2. The molecule has 1 aliphatic heterocycles. The summed E-state index contributed by atoms with van der Waals surface area (Å²) in [6.45, 7) is 6.08. The summed E-state index contributed by atoms with van der Waals surface area (Å²) in [4.78, 5) is 12.6. The van der Waals surface area contributed by atoms with Gasteiger partial charge in [-0.25, -0.2) is 5.01 Å². The molecule has 1 aromatic rings. The van der Waals surface area contributed by atoms with Gasteiger partial charge in [0, 0.05) is 32.6 Å². The summed E-state index contributed by atoms with van der Waals surface area (Å²) in [6.07, 6.45) is 12.4. The first kappa shape index (κ1) is 20.9. The predicted octanol–water partition coefficient (Wildman–Crippen LogP) is 4.41. The summed E-state index contributed by atoms with van der Waals surface area (Å²) in [7, 11) is 0. The minimum Gasteiger partial charge on any atom is -0.314 e. The fraction of sp³-hybridized carbons (Fsp3) is 0.720. The van der Waals surface area contributed by atoms with Crippen LogP contribution in [0.3, 0.4) is 0 Å². The molecule has 3 atom stereocenters. The SMILES string of the molecule is CCC[C@@]12CCC[C@@](c3ccccc3)(CC(CCC(=O)NN3CCNCC3)C1)C2. The second-order valence-corrected chi connectivity index (χ2v) is 10.0. The third-order valence-corrected chi connectivity index (χ3v) is 7.82. The molecule has 29 heavy (non-hydrogen) atoms. The van der Waals surface area contributed by atoms with Crippen LogP contribution in [0.4, 0.5) is 0 Å². The van der Waals surface area contributed by atoms with Gasteiger partial charge in [0.05, 0.1) is 0 Å². The molecule has 1 heterocycles. The van der Waals surface area contributed by atoms with Gasteiger partial charge in [0.1, 0.15) is 0 Å². The molecular formula is C25H39N3O. The van der Waals surface area contributed by atoms with Crippen LogP contribution in [0.25, 0.3) is 0 Å². The molecule has 1 aromatic carbocycles. The average Bonchev–Trinajstić information content (AvgIpc) is 2.73. The van der Waals surface area contributed by atoms with Crippen LogP contribution in [0.2, 0.25) is 0 Å². The first-order chi connectivity index (χ1) is 14.1. The van der Waals surface area contributed by atoms with Gasteiger partial charge in [-0.05, 0) is 67.3 Å². The van der Waals surface area contributed by atoms with E-state index in [0.29, 0.717) is 23.2 Å². The Morgan fingerprint density at radius 3 is 2.72 bits per heavy atom. The summed E-state index contributed by atoms with van der Waals surface area (Å²) in [6, 6.07) is 11.3. The van der Waals surface area contributed by atoms with E-state index in [1.807, 2.05) is 0 Å². The Hall–Kier alpha value is -1.39. The Labute approximate surface area is 176 Å². The van der Waals surface area contributed by atoms with Gasteiger partial charge in [0.2, 0.25) is 5.91 Å². The molecule has 1 amide bonds. The molecule has 160 valence electrons. The number of benzene rings is 1. The molecule has 2 saturated carbocycles. The fourth-order valence-corrected chi connectivity index (χ4v) is 6.83. The maximum absolute atomic E-state index is 12.6. The van der Waals surface area contributed by atoms with Crippen LogP contribution in [0.1, 0.15) is 76.7 Å². The van der Waals surface area contributed by atoms with Crippen molar-refractivity contribution < 1.29 is 4.79 Å². The largest absolute Gasteiger partial charge is 0.314 e. The number of fused-ring (bicyclic) bond motifs is 2. The maximum Gasteiger partial charge on any atom is 0.234 e. The van der Waals surface area contributed by atoms with E-state index in [4.69, 9.17) is 0 Å². The summed E-state index contributed by atoms with van der Waals surface area (Å²) < 4.78 is 0. The number of carbonyl (C=O) groups excluding carboxylic acids is 1. The number of hydrazine groups is 1. The van der Waals surface area contributed by atoms with Crippen LogP contribution >= 0.6 is 0 Å². The highest BCUT2D eigenvalue weighted by molar-refractivity contribution is 5.75. The van der Waals surface area contributed by atoms with Gasteiger partial charge in [0.15, 0.2) is 0 Å². The number of nitrogens with one attached hydrogen (secondary N) is 2. The van der Waals surface area contributed by atoms with Gasteiger partial charge in [-0.2, -0.15) is 0 Å². The van der Waals surface area contributed by atoms with E-state index >= 15 is 0 Å². The highest BCUT2D eigenvalue weighted by atomic mass is 16.2. The Balaban J connectivity index is 1.43. The van der Waals surface area contributed by atoms with Crippen LogP contribution in [0.5, 0.6) is 0 Å². The van der Waals surface area contributed by atoms with Crippen molar-refractivity contribution in [2.75, 3.05) is 26.2 Å². The standard InChI is InChI=1S/C25H39N3O/c1-2-11-24-12-6-13-25(20-24,22-7-4-3-5-8-22)19-21(18-24)9-10-23(29)27-28-16-14-26-15-17-28/h3-5,7-8,21,26H,2,6,9-20H2,1H3,(H,27,29)/t21?,24-,25-/m1/s1. The lowest BCUT2D eigenvalue weighted by Gasteiger charge is -2.56. The van der Waals surface area contributed by atoms with E-state index < -0.39 is 0 Å². The lowest BCUT2D eigenvalue weighted by molar-refractivity contribution is -0.126. The van der Waals surface area contributed by atoms with Crippen LogP contribution in [0.15, 0.2) is 30.3 Å². The van der Waals surface area contributed by atoms with Crippen LogP contribution in [-0.4, -0.2) is 37.1 Å². The highest BCUT2D eigenvalue weighted by Crippen LogP contribution is 2.60. The van der Waals surface area contributed by atoms with Crippen molar-refractivity contribution in [3.05, 3.63) is 35.9 Å². The van der Waals surface area contributed by atoms with Crippen molar-refractivity contribution in [3.63, 3.8) is 0 Å². The third-order valence-electron chi connectivity index (χ3n) is 7.82. The van der Waals surface area contributed by atoms with E-state index in [1.165, 1.54) is 51.4 Å². The molecule has 4 nitrogen and oxygen atoms in total. The minimum atomic E-state index is 0.209. The molecular weight excluding hydrogens is 358 g/mol. The van der Waals surface area contributed by atoms with Crippen LogP contribution < -0.4 is 10.7 Å². The number of amides is 1. The van der Waals surface area contributed by atoms with Gasteiger partial charge < -0.3 is 5.32 Å². The smallest absolute Gasteiger partial charge is 0.234 e. The van der Waals surface area contributed by atoms with Gasteiger partial charge in [0.25, 0.3) is 0 Å². The molecule has 4 rings (SSSR count). The van der Waals surface area contributed by atoms with Crippen molar-refractivity contribution >= 4 is 5.91 Å². The van der Waals surface area contributed by atoms with Gasteiger partial charge in [-0.15, -0.1) is 0 Å². The van der Waals surface area contributed by atoms with Gasteiger partial charge in [-0.3, -0.25) is 10.2 Å². The zero-order valence-electron chi connectivity index (χ0n) is 18.2. The fourth-order valence-electron chi connectivity index (χ4n) is 6.83. The Morgan fingerprint density at radius 1 is 1.17 bits per heavy atom. The minimum absolute atomic E-state index is 0.209. The predicted molar refractivity (Wildman–Crippen MR) is 118 cm³/mol. The molecule has 1 saturated heterocycles. The molecule has 1 unspecified atom stereocenters. The van der Waals surface area contributed by atoms with Crippen LogP contribution in [0, 0.1) is 11.3 Å². The quantitative estimate of drug-likeness (QED) is 0.716.